The van der Waals surface area contributed by atoms with Gasteiger partial charge in [-0.2, -0.15) is 0 Å². The van der Waals surface area contributed by atoms with Crippen molar-refractivity contribution in [1.82, 2.24) is 19.9 Å². The highest BCUT2D eigenvalue weighted by atomic mass is 16.1. The van der Waals surface area contributed by atoms with Crippen LogP contribution >= 0.6 is 0 Å². The quantitative estimate of drug-likeness (QED) is 0.564. The first-order valence-corrected chi connectivity index (χ1v) is 4.36. The van der Waals surface area contributed by atoms with Gasteiger partial charge in [-0.05, 0) is 5.92 Å². The molecule has 6 heteroatoms. The van der Waals surface area contributed by atoms with Gasteiger partial charge in [-0.15, -0.1) is 0 Å². The molecule has 0 saturated carbocycles. The second-order valence-corrected chi connectivity index (χ2v) is 2.83. The first-order chi connectivity index (χ1) is 7.75. The van der Waals surface area contributed by atoms with E-state index in [2.05, 4.69) is 31.8 Å². The summed E-state index contributed by atoms with van der Waals surface area (Å²) in [5.74, 6) is 5.34. The van der Waals surface area contributed by atoms with Crippen molar-refractivity contribution in [2.75, 3.05) is 0 Å². The lowest BCUT2D eigenvalue weighted by atomic mass is 10.3. The lowest BCUT2D eigenvalue weighted by Gasteiger charge is -1.87. The maximum atomic E-state index is 11.2. The van der Waals surface area contributed by atoms with E-state index in [-0.39, 0.29) is 22.5 Å². The van der Waals surface area contributed by atoms with Crippen molar-refractivity contribution in [2.45, 2.75) is 0 Å². The van der Waals surface area contributed by atoms with E-state index in [4.69, 9.17) is 0 Å². The van der Waals surface area contributed by atoms with E-state index in [0.717, 1.165) is 0 Å². The van der Waals surface area contributed by atoms with Gasteiger partial charge in [0.1, 0.15) is 5.56 Å². The summed E-state index contributed by atoms with van der Waals surface area (Å²) < 4.78 is 0. The minimum absolute atomic E-state index is 0.204. The minimum atomic E-state index is -0.333. The molecule has 0 unspecified atom stereocenters. The number of H-pyrrole nitrogens is 2. The number of aromatic amines is 2. The van der Waals surface area contributed by atoms with Crippen LogP contribution in [0.5, 0.6) is 0 Å². The highest BCUT2D eigenvalue weighted by Gasteiger charge is 1.93. The van der Waals surface area contributed by atoms with E-state index in [0.29, 0.717) is 0 Å². The van der Waals surface area contributed by atoms with Gasteiger partial charge in [0.15, 0.2) is 5.82 Å². The Kier molecular flexibility index (Phi) is 2.61. The zero-order valence-electron chi connectivity index (χ0n) is 8.02. The standard InChI is InChI=1S/C10H6N4O2/c15-9-3-4-12-8(14-9)2-1-7-5-11-6-13-10(7)16/h3-6H,(H,11,13,16)(H,12,14,15). The first-order valence-electron chi connectivity index (χ1n) is 4.36. The number of rotatable bonds is 0. The van der Waals surface area contributed by atoms with Crippen molar-refractivity contribution >= 4 is 0 Å². The van der Waals surface area contributed by atoms with Crippen LogP contribution in [0.15, 0.2) is 34.4 Å². The Morgan fingerprint density at radius 2 is 2.12 bits per heavy atom. The van der Waals surface area contributed by atoms with Gasteiger partial charge in [0.05, 0.1) is 6.33 Å². The summed E-state index contributed by atoms with van der Waals surface area (Å²) in [4.78, 5) is 34.5. The average Bonchev–Trinajstić information content (AvgIpc) is 2.28. The summed E-state index contributed by atoms with van der Waals surface area (Å²) in [6, 6.07) is 1.28. The van der Waals surface area contributed by atoms with E-state index in [1.54, 1.807) is 0 Å². The Bertz CT molecular complexity index is 675. The Morgan fingerprint density at radius 1 is 1.25 bits per heavy atom. The molecule has 0 aliphatic carbocycles. The second-order valence-electron chi connectivity index (χ2n) is 2.83. The van der Waals surface area contributed by atoms with Crippen LogP contribution in [0.3, 0.4) is 0 Å². The molecular formula is C10H6N4O2. The normalized spacial score (nSPS) is 9.25. The monoisotopic (exact) mass is 214 g/mol. The average molecular weight is 214 g/mol. The summed E-state index contributed by atoms with van der Waals surface area (Å²) in [5, 5.41) is 0. The molecule has 2 aromatic heterocycles. The van der Waals surface area contributed by atoms with Crippen LogP contribution in [0.1, 0.15) is 11.4 Å². The number of nitrogens with zero attached hydrogens (tertiary/aromatic N) is 2. The highest BCUT2D eigenvalue weighted by Crippen LogP contribution is 1.84. The molecule has 0 fully saturated rings. The molecule has 0 atom stereocenters. The lowest BCUT2D eigenvalue weighted by molar-refractivity contribution is 1.08. The molecule has 0 radical (unpaired) electrons. The van der Waals surface area contributed by atoms with E-state index in [9.17, 15) is 9.59 Å². The third kappa shape index (κ3) is 2.22. The third-order valence-corrected chi connectivity index (χ3v) is 1.71. The van der Waals surface area contributed by atoms with Gasteiger partial charge in [0, 0.05) is 18.5 Å². The summed E-state index contributed by atoms with van der Waals surface area (Å²) in [7, 11) is 0. The number of aromatic nitrogens is 4. The summed E-state index contributed by atoms with van der Waals surface area (Å²) in [5.41, 5.74) is -0.408. The molecular weight excluding hydrogens is 208 g/mol. The fraction of sp³-hybridized carbons (Fsp3) is 0. The van der Waals surface area contributed by atoms with Crippen molar-refractivity contribution in [1.29, 1.82) is 0 Å². The lowest BCUT2D eigenvalue weighted by Crippen LogP contribution is -2.10. The number of nitrogens with one attached hydrogen (secondary N) is 2. The smallest absolute Gasteiger partial charge is 0.266 e. The topological polar surface area (TPSA) is 91.5 Å². The van der Waals surface area contributed by atoms with Crippen molar-refractivity contribution in [3.05, 3.63) is 56.9 Å². The Morgan fingerprint density at radius 3 is 2.88 bits per heavy atom. The molecule has 16 heavy (non-hydrogen) atoms. The predicted octanol–water partition coefficient (Wildman–Crippen LogP) is -0.747. The van der Waals surface area contributed by atoms with Crippen LogP contribution in [-0.4, -0.2) is 19.9 Å². The second kappa shape index (κ2) is 4.23. The van der Waals surface area contributed by atoms with Gasteiger partial charge < -0.3 is 4.98 Å². The molecule has 0 aromatic carbocycles. The van der Waals surface area contributed by atoms with Crippen molar-refractivity contribution in [3.8, 4) is 11.8 Å². The zero-order valence-corrected chi connectivity index (χ0v) is 8.02. The molecule has 6 nitrogen and oxygen atoms in total. The molecule has 0 aliphatic heterocycles. The molecule has 2 rings (SSSR count). The molecule has 0 saturated heterocycles. The number of hydrogen-bond acceptors (Lipinski definition) is 4. The summed E-state index contributed by atoms with van der Waals surface area (Å²) in [6.07, 6.45) is 3.96. The molecule has 2 N–H and O–H groups in total. The predicted molar refractivity (Wildman–Crippen MR) is 55.7 cm³/mol. The van der Waals surface area contributed by atoms with Gasteiger partial charge in [0.2, 0.25) is 0 Å². The van der Waals surface area contributed by atoms with Crippen LogP contribution in [-0.2, 0) is 0 Å². The first kappa shape index (κ1) is 9.86. The van der Waals surface area contributed by atoms with Gasteiger partial charge in [-0.3, -0.25) is 14.6 Å². The van der Waals surface area contributed by atoms with Crippen LogP contribution in [0.25, 0.3) is 0 Å². The van der Waals surface area contributed by atoms with Gasteiger partial charge in [0.25, 0.3) is 11.1 Å². The molecule has 0 bridgehead atoms. The fourth-order valence-electron chi connectivity index (χ4n) is 0.993. The van der Waals surface area contributed by atoms with Gasteiger partial charge in [-0.1, -0.05) is 5.92 Å². The molecule has 0 spiro atoms. The van der Waals surface area contributed by atoms with Crippen LogP contribution < -0.4 is 11.1 Å². The minimum Gasteiger partial charge on any atom is -0.312 e. The Hall–Kier alpha value is -2.68. The zero-order chi connectivity index (χ0) is 11.4. The number of hydrogen-bond donors (Lipinski definition) is 2. The maximum absolute atomic E-state index is 11.2. The van der Waals surface area contributed by atoms with Crippen molar-refractivity contribution in [3.63, 3.8) is 0 Å². The third-order valence-electron chi connectivity index (χ3n) is 1.71. The van der Waals surface area contributed by atoms with Crippen LogP contribution in [0, 0.1) is 11.8 Å². The van der Waals surface area contributed by atoms with Gasteiger partial charge >= 0.3 is 0 Å². The van der Waals surface area contributed by atoms with Crippen LogP contribution in [0.2, 0.25) is 0 Å². The Balaban J connectivity index is 2.40. The van der Waals surface area contributed by atoms with Crippen molar-refractivity contribution < 1.29 is 0 Å². The van der Waals surface area contributed by atoms with E-state index in [1.807, 2.05) is 0 Å². The van der Waals surface area contributed by atoms with Crippen molar-refractivity contribution in [2.24, 2.45) is 0 Å². The van der Waals surface area contributed by atoms with E-state index >= 15 is 0 Å². The fourth-order valence-corrected chi connectivity index (χ4v) is 0.993. The SMILES string of the molecule is O=c1ccnc(C#Cc2cnc[nH]c2=O)[nH]1. The molecule has 78 valence electrons. The van der Waals surface area contributed by atoms with Crippen LogP contribution in [0.4, 0.5) is 0 Å². The largest absolute Gasteiger partial charge is 0.312 e. The van der Waals surface area contributed by atoms with E-state index < -0.39 is 0 Å². The molecule has 0 amide bonds. The highest BCUT2D eigenvalue weighted by molar-refractivity contribution is 5.34. The molecule has 0 aliphatic rings. The summed E-state index contributed by atoms with van der Waals surface area (Å²) in [6.45, 7) is 0. The summed E-state index contributed by atoms with van der Waals surface area (Å²) >= 11 is 0. The van der Waals surface area contributed by atoms with Gasteiger partial charge in [-0.25, -0.2) is 9.97 Å². The Labute approximate surface area is 89.4 Å². The maximum Gasteiger partial charge on any atom is 0.266 e. The molecule has 2 aromatic rings. The van der Waals surface area contributed by atoms with E-state index in [1.165, 1.54) is 24.8 Å². The molecule has 2 heterocycles.